The Labute approximate surface area is 390 Å². The molecule has 6 heteroatoms. The summed E-state index contributed by atoms with van der Waals surface area (Å²) in [6, 6.07) is 80.6. The van der Waals surface area contributed by atoms with Gasteiger partial charge < -0.3 is 23.0 Å². The van der Waals surface area contributed by atoms with Gasteiger partial charge in [-0.3, -0.25) is 0 Å². The molecule has 0 aliphatic heterocycles. The molecule has 0 aliphatic rings. The number of hydrogen-bond donors (Lipinski definition) is 0. The van der Waals surface area contributed by atoms with Crippen LogP contribution in [-0.2, 0) is 0 Å². The van der Waals surface area contributed by atoms with Crippen LogP contribution < -0.4 is 4.74 Å². The van der Waals surface area contributed by atoms with E-state index in [0.717, 1.165) is 127 Å². The molecule has 6 nitrogen and oxygen atoms in total. The van der Waals surface area contributed by atoms with Gasteiger partial charge in [0, 0.05) is 48.7 Å². The summed E-state index contributed by atoms with van der Waals surface area (Å²) in [5.74, 6) is 0.754. The van der Waals surface area contributed by atoms with Gasteiger partial charge >= 0.3 is 0 Å². The van der Waals surface area contributed by atoms with E-state index in [1.54, 1.807) is 7.11 Å². The van der Waals surface area contributed by atoms with Crippen molar-refractivity contribution in [3.8, 4) is 45.7 Å². The Balaban J connectivity index is 1.36. The van der Waals surface area contributed by atoms with Crippen LogP contribution in [0.25, 0.3) is 121 Å². The number of methoxy groups -OCH3 is 1. The van der Waals surface area contributed by atoms with Crippen molar-refractivity contribution in [2.45, 2.75) is 0 Å². The van der Waals surface area contributed by atoms with Gasteiger partial charge in [-0.1, -0.05) is 158 Å². The van der Waals surface area contributed by atoms with E-state index in [4.69, 9.17) is 4.74 Å². The quantitative estimate of drug-likeness (QED) is 0.167. The van der Waals surface area contributed by atoms with Crippen LogP contribution in [0, 0.1) is 11.3 Å². The number of aromatic nitrogens is 4. The molecule has 0 bridgehead atoms. The largest absolute Gasteiger partial charge is 0.497 e. The summed E-state index contributed by atoms with van der Waals surface area (Å²) in [4.78, 5) is 0. The molecule has 0 radical (unpaired) electrons. The third kappa shape index (κ3) is 5.15. The summed E-state index contributed by atoms with van der Waals surface area (Å²) in [6.07, 6.45) is 0. The number of rotatable bonds is 6. The molecule has 4 heterocycles. The zero-order valence-electron chi connectivity index (χ0n) is 36.9. The number of nitrogens with zero attached hydrogens (tertiary/aromatic N) is 5. The van der Waals surface area contributed by atoms with Gasteiger partial charge in [-0.2, -0.15) is 5.26 Å². The molecule has 14 aromatic rings. The van der Waals surface area contributed by atoms with Gasteiger partial charge in [0.05, 0.1) is 74.0 Å². The van der Waals surface area contributed by atoms with Gasteiger partial charge in [-0.05, 0) is 66.2 Å². The standard InChI is InChI=1S/C62H39N5O/c1-68-40-36-34-39(35-37-40)58-61(66-54-30-14-6-22-45(54)46-23-7-15-31-55(46)66)59(64-50-26-10-2-18-41(50)42-19-3-11-27-51(42)64)49(38-63)60(65-52-28-12-4-20-43(52)44-21-5-13-29-53(44)65)62(58)67-56-32-16-8-24-47(56)48-25-9-17-33-57(48)67/h2-37H,1H3. The Morgan fingerprint density at radius 1 is 0.309 bits per heavy atom. The zero-order valence-corrected chi connectivity index (χ0v) is 36.9. The highest BCUT2D eigenvalue weighted by Gasteiger charge is 2.34. The fraction of sp³-hybridized carbons (Fsp3) is 0.0161. The molecule has 0 spiro atoms. The van der Waals surface area contributed by atoms with Gasteiger partial charge in [0.15, 0.2) is 0 Å². The van der Waals surface area contributed by atoms with Crippen molar-refractivity contribution < 1.29 is 4.74 Å². The van der Waals surface area contributed by atoms with E-state index in [2.05, 4.69) is 243 Å². The first-order valence-electron chi connectivity index (χ1n) is 23.0. The molecule has 0 unspecified atom stereocenters. The molecular formula is C62H39N5O. The van der Waals surface area contributed by atoms with Crippen LogP contribution in [0.4, 0.5) is 0 Å². The molecule has 10 aromatic carbocycles. The number of hydrogen-bond acceptors (Lipinski definition) is 2. The monoisotopic (exact) mass is 869 g/mol. The molecule has 14 rings (SSSR count). The molecule has 0 amide bonds. The van der Waals surface area contributed by atoms with E-state index in [1.165, 1.54) is 0 Å². The minimum absolute atomic E-state index is 0.536. The van der Waals surface area contributed by atoms with E-state index in [9.17, 15) is 5.26 Å². The number of fused-ring (bicyclic) bond motifs is 12. The molecule has 0 saturated heterocycles. The fourth-order valence-corrected chi connectivity index (χ4v) is 11.4. The number of benzene rings is 10. The van der Waals surface area contributed by atoms with E-state index in [-0.39, 0.29) is 0 Å². The van der Waals surface area contributed by atoms with Crippen molar-refractivity contribution in [2.24, 2.45) is 0 Å². The first-order chi connectivity index (χ1) is 33.7. The number of nitriles is 1. The first kappa shape index (κ1) is 38.0. The molecule has 0 fully saturated rings. The first-order valence-corrected chi connectivity index (χ1v) is 23.0. The molecule has 0 aliphatic carbocycles. The highest BCUT2D eigenvalue weighted by molar-refractivity contribution is 6.17. The number of para-hydroxylation sites is 8. The maximum absolute atomic E-state index is 12.6. The lowest BCUT2D eigenvalue weighted by molar-refractivity contribution is 0.415. The van der Waals surface area contributed by atoms with Crippen molar-refractivity contribution >= 4 is 87.2 Å². The minimum Gasteiger partial charge on any atom is -0.497 e. The van der Waals surface area contributed by atoms with E-state index in [0.29, 0.717) is 5.56 Å². The minimum atomic E-state index is 0.536. The Morgan fingerprint density at radius 3 is 0.779 bits per heavy atom. The van der Waals surface area contributed by atoms with Gasteiger partial charge in [0.2, 0.25) is 0 Å². The third-order valence-corrected chi connectivity index (χ3v) is 14.1. The van der Waals surface area contributed by atoms with Gasteiger partial charge in [-0.15, -0.1) is 0 Å². The average molecular weight is 870 g/mol. The smallest absolute Gasteiger partial charge is 0.118 e. The summed E-state index contributed by atoms with van der Waals surface area (Å²) in [6.45, 7) is 0. The Kier molecular flexibility index (Phi) is 8.16. The van der Waals surface area contributed by atoms with Crippen LogP contribution in [0.3, 0.4) is 0 Å². The molecule has 318 valence electrons. The maximum Gasteiger partial charge on any atom is 0.118 e. The maximum atomic E-state index is 12.6. The van der Waals surface area contributed by atoms with E-state index < -0.39 is 0 Å². The van der Waals surface area contributed by atoms with Crippen molar-refractivity contribution in [2.75, 3.05) is 7.11 Å². The van der Waals surface area contributed by atoms with Crippen LogP contribution in [0.1, 0.15) is 5.56 Å². The second kappa shape index (κ2) is 14.6. The summed E-state index contributed by atoms with van der Waals surface area (Å²) in [5.41, 5.74) is 14.0. The SMILES string of the molecule is COc1ccc(-c2c(-n3c4ccccc4c4ccccc43)c(-n3c4ccccc4c4ccccc43)c(C#N)c(-n3c4ccccc4c4ccccc43)c2-n2c3ccccc3c3ccccc32)cc1. The summed E-state index contributed by atoms with van der Waals surface area (Å²) in [5, 5.41) is 21.5. The number of ether oxygens (including phenoxy) is 1. The summed E-state index contributed by atoms with van der Waals surface area (Å²) < 4.78 is 15.5. The zero-order chi connectivity index (χ0) is 45.0. The van der Waals surface area contributed by atoms with Crippen LogP contribution in [0.2, 0.25) is 0 Å². The highest BCUT2D eigenvalue weighted by atomic mass is 16.5. The van der Waals surface area contributed by atoms with Crippen LogP contribution in [0.5, 0.6) is 5.75 Å². The second-order valence-corrected chi connectivity index (χ2v) is 17.5. The molecule has 0 saturated carbocycles. The Morgan fingerprint density at radius 2 is 0.544 bits per heavy atom. The summed E-state index contributed by atoms with van der Waals surface area (Å²) >= 11 is 0. The predicted octanol–water partition coefficient (Wildman–Crippen LogP) is 15.6. The van der Waals surface area contributed by atoms with Crippen LogP contribution in [0.15, 0.2) is 218 Å². The predicted molar refractivity (Wildman–Crippen MR) is 281 cm³/mol. The summed E-state index contributed by atoms with van der Waals surface area (Å²) in [7, 11) is 1.71. The Bertz CT molecular complexity index is 3970. The molecular weight excluding hydrogens is 831 g/mol. The molecule has 0 N–H and O–H groups in total. The molecule has 68 heavy (non-hydrogen) atoms. The van der Waals surface area contributed by atoms with Crippen LogP contribution >= 0.6 is 0 Å². The van der Waals surface area contributed by atoms with Crippen molar-refractivity contribution in [3.05, 3.63) is 224 Å². The fourth-order valence-electron chi connectivity index (χ4n) is 11.4. The molecule has 4 aromatic heterocycles. The van der Waals surface area contributed by atoms with Crippen molar-refractivity contribution in [1.82, 2.24) is 18.3 Å². The van der Waals surface area contributed by atoms with Gasteiger partial charge in [-0.25, -0.2) is 0 Å². The Hall–Kier alpha value is -9.31. The lowest BCUT2D eigenvalue weighted by Gasteiger charge is -2.29. The molecule has 0 atom stereocenters. The highest BCUT2D eigenvalue weighted by Crippen LogP contribution is 2.51. The second-order valence-electron chi connectivity index (χ2n) is 17.5. The lowest BCUT2D eigenvalue weighted by Crippen LogP contribution is -2.16. The van der Waals surface area contributed by atoms with Crippen molar-refractivity contribution in [3.63, 3.8) is 0 Å². The topological polar surface area (TPSA) is 52.7 Å². The van der Waals surface area contributed by atoms with E-state index in [1.807, 2.05) is 0 Å². The lowest BCUT2D eigenvalue weighted by atomic mass is 9.93. The van der Waals surface area contributed by atoms with Gasteiger partial charge in [0.25, 0.3) is 0 Å². The van der Waals surface area contributed by atoms with E-state index >= 15 is 0 Å². The van der Waals surface area contributed by atoms with Crippen molar-refractivity contribution in [1.29, 1.82) is 5.26 Å². The van der Waals surface area contributed by atoms with Crippen LogP contribution in [-0.4, -0.2) is 25.4 Å². The third-order valence-electron chi connectivity index (χ3n) is 14.1. The average Bonchev–Trinajstić information content (AvgIpc) is 4.13. The normalized spacial score (nSPS) is 11.9. The van der Waals surface area contributed by atoms with Gasteiger partial charge in [0.1, 0.15) is 17.4 Å².